The van der Waals surface area contributed by atoms with Crippen molar-refractivity contribution in [2.75, 3.05) is 11.9 Å². The van der Waals surface area contributed by atoms with Gasteiger partial charge in [-0.05, 0) is 78.5 Å². The molecule has 0 saturated heterocycles. The summed E-state index contributed by atoms with van der Waals surface area (Å²) in [6, 6.07) is 18.9. The molecule has 0 spiro atoms. The van der Waals surface area contributed by atoms with Crippen LogP contribution in [0.4, 0.5) is 5.69 Å². The SMILES string of the molecule is CCOc1cc(CNc2ccc(C)cc2C)cc(Br)c1OCc1ccc(C)cc1. The van der Waals surface area contributed by atoms with E-state index in [1.54, 1.807) is 0 Å². The van der Waals surface area contributed by atoms with E-state index < -0.39 is 0 Å². The number of hydrogen-bond donors (Lipinski definition) is 1. The van der Waals surface area contributed by atoms with Gasteiger partial charge in [0.2, 0.25) is 0 Å². The van der Waals surface area contributed by atoms with Gasteiger partial charge in [0, 0.05) is 12.2 Å². The fourth-order valence-corrected chi connectivity index (χ4v) is 3.78. The number of aryl methyl sites for hydroxylation is 3. The van der Waals surface area contributed by atoms with E-state index in [0.717, 1.165) is 32.8 Å². The molecule has 0 amide bonds. The predicted octanol–water partition coefficient (Wildman–Crippen LogP) is 6.96. The quantitative estimate of drug-likeness (QED) is 0.399. The molecule has 3 nitrogen and oxygen atoms in total. The van der Waals surface area contributed by atoms with Crippen LogP contribution in [0.25, 0.3) is 0 Å². The monoisotopic (exact) mass is 453 g/mol. The van der Waals surface area contributed by atoms with E-state index >= 15 is 0 Å². The average molecular weight is 454 g/mol. The molecule has 0 heterocycles. The average Bonchev–Trinajstić information content (AvgIpc) is 2.68. The summed E-state index contributed by atoms with van der Waals surface area (Å²) in [5.74, 6) is 1.49. The van der Waals surface area contributed by atoms with Gasteiger partial charge in [-0.15, -0.1) is 0 Å². The summed E-state index contributed by atoms with van der Waals surface area (Å²) in [5, 5.41) is 3.52. The Bertz CT molecular complexity index is 967. The predicted molar refractivity (Wildman–Crippen MR) is 124 cm³/mol. The van der Waals surface area contributed by atoms with Gasteiger partial charge in [-0.1, -0.05) is 47.5 Å². The second kappa shape index (κ2) is 9.84. The number of benzene rings is 3. The Labute approximate surface area is 182 Å². The largest absolute Gasteiger partial charge is 0.490 e. The van der Waals surface area contributed by atoms with E-state index in [1.165, 1.54) is 16.7 Å². The lowest BCUT2D eigenvalue weighted by Gasteiger charge is -2.17. The standard InChI is InChI=1S/C25H28BrNO2/c1-5-28-24-14-21(15-27-23-11-8-18(3)12-19(23)4)13-22(26)25(24)29-16-20-9-6-17(2)7-10-20/h6-14,27H,5,15-16H2,1-4H3. The Morgan fingerprint density at radius 3 is 2.24 bits per heavy atom. The van der Waals surface area contributed by atoms with Gasteiger partial charge in [-0.25, -0.2) is 0 Å². The first-order chi connectivity index (χ1) is 14.0. The highest BCUT2D eigenvalue weighted by molar-refractivity contribution is 9.10. The molecule has 0 atom stereocenters. The molecular weight excluding hydrogens is 426 g/mol. The summed E-state index contributed by atoms with van der Waals surface area (Å²) >= 11 is 3.67. The lowest BCUT2D eigenvalue weighted by molar-refractivity contribution is 0.267. The maximum Gasteiger partial charge on any atom is 0.175 e. The Morgan fingerprint density at radius 2 is 1.55 bits per heavy atom. The van der Waals surface area contributed by atoms with Gasteiger partial charge in [0.05, 0.1) is 11.1 Å². The maximum atomic E-state index is 6.10. The van der Waals surface area contributed by atoms with Crippen molar-refractivity contribution in [3.8, 4) is 11.5 Å². The second-order valence-corrected chi connectivity index (χ2v) is 8.14. The number of anilines is 1. The fraction of sp³-hybridized carbons (Fsp3) is 0.280. The Kier molecular flexibility index (Phi) is 7.21. The zero-order chi connectivity index (χ0) is 20.8. The van der Waals surface area contributed by atoms with Crippen LogP contribution in [-0.2, 0) is 13.2 Å². The van der Waals surface area contributed by atoms with Gasteiger partial charge in [0.25, 0.3) is 0 Å². The molecule has 0 unspecified atom stereocenters. The van der Waals surface area contributed by atoms with Crippen LogP contribution in [0.3, 0.4) is 0 Å². The van der Waals surface area contributed by atoms with Crippen molar-refractivity contribution in [3.63, 3.8) is 0 Å². The molecule has 0 aliphatic rings. The Morgan fingerprint density at radius 1 is 0.828 bits per heavy atom. The lowest BCUT2D eigenvalue weighted by atomic mass is 10.1. The smallest absolute Gasteiger partial charge is 0.175 e. The highest BCUT2D eigenvalue weighted by Gasteiger charge is 2.13. The normalized spacial score (nSPS) is 10.7. The molecule has 152 valence electrons. The minimum absolute atomic E-state index is 0.499. The van der Waals surface area contributed by atoms with Gasteiger partial charge in [0.1, 0.15) is 6.61 Å². The molecule has 0 aromatic heterocycles. The molecule has 0 bridgehead atoms. The van der Waals surface area contributed by atoms with Crippen molar-refractivity contribution < 1.29 is 9.47 Å². The highest BCUT2D eigenvalue weighted by atomic mass is 79.9. The number of rotatable bonds is 8. The minimum Gasteiger partial charge on any atom is -0.490 e. The van der Waals surface area contributed by atoms with Crippen LogP contribution in [0.5, 0.6) is 11.5 Å². The molecule has 0 aliphatic heterocycles. The van der Waals surface area contributed by atoms with E-state index in [-0.39, 0.29) is 0 Å². The number of ether oxygens (including phenoxy) is 2. The summed E-state index contributed by atoms with van der Waals surface area (Å²) in [7, 11) is 0. The van der Waals surface area contributed by atoms with Gasteiger partial charge in [0.15, 0.2) is 11.5 Å². The van der Waals surface area contributed by atoms with E-state index in [9.17, 15) is 0 Å². The van der Waals surface area contributed by atoms with Gasteiger partial charge < -0.3 is 14.8 Å². The molecule has 1 N–H and O–H groups in total. The molecule has 0 saturated carbocycles. The van der Waals surface area contributed by atoms with Crippen LogP contribution >= 0.6 is 15.9 Å². The molecule has 0 radical (unpaired) electrons. The van der Waals surface area contributed by atoms with Crippen molar-refractivity contribution in [2.24, 2.45) is 0 Å². The van der Waals surface area contributed by atoms with E-state index in [4.69, 9.17) is 9.47 Å². The third kappa shape index (κ3) is 5.77. The molecule has 4 heteroatoms. The van der Waals surface area contributed by atoms with Crippen molar-refractivity contribution in [1.29, 1.82) is 0 Å². The third-order valence-corrected chi connectivity index (χ3v) is 5.33. The summed E-state index contributed by atoms with van der Waals surface area (Å²) in [4.78, 5) is 0. The van der Waals surface area contributed by atoms with Crippen molar-refractivity contribution in [2.45, 2.75) is 40.8 Å². The van der Waals surface area contributed by atoms with E-state index in [1.807, 2.05) is 6.92 Å². The highest BCUT2D eigenvalue weighted by Crippen LogP contribution is 2.37. The van der Waals surface area contributed by atoms with Crippen LogP contribution in [0.1, 0.15) is 34.7 Å². The summed E-state index contributed by atoms with van der Waals surface area (Å²) in [5.41, 5.74) is 7.15. The Hall–Kier alpha value is -2.46. The zero-order valence-electron chi connectivity index (χ0n) is 17.5. The number of hydrogen-bond acceptors (Lipinski definition) is 3. The van der Waals surface area contributed by atoms with Gasteiger partial charge in [-0.3, -0.25) is 0 Å². The van der Waals surface area contributed by atoms with Gasteiger partial charge >= 0.3 is 0 Å². The molecular formula is C25H28BrNO2. The van der Waals surface area contributed by atoms with Crippen LogP contribution in [0, 0.1) is 20.8 Å². The lowest BCUT2D eigenvalue weighted by Crippen LogP contribution is -2.04. The summed E-state index contributed by atoms with van der Waals surface area (Å²) in [6.07, 6.45) is 0. The topological polar surface area (TPSA) is 30.5 Å². The zero-order valence-corrected chi connectivity index (χ0v) is 19.1. The molecule has 3 aromatic carbocycles. The van der Waals surface area contributed by atoms with Crippen molar-refractivity contribution in [3.05, 3.63) is 86.9 Å². The molecule has 29 heavy (non-hydrogen) atoms. The molecule has 3 aromatic rings. The first kappa shape index (κ1) is 21.3. The summed E-state index contributed by atoms with van der Waals surface area (Å²) < 4.78 is 12.9. The number of nitrogens with one attached hydrogen (secondary N) is 1. The molecule has 0 fully saturated rings. The van der Waals surface area contributed by atoms with Gasteiger partial charge in [-0.2, -0.15) is 0 Å². The Balaban J connectivity index is 1.75. The fourth-order valence-electron chi connectivity index (χ4n) is 3.18. The van der Waals surface area contributed by atoms with E-state index in [2.05, 4.69) is 96.6 Å². The van der Waals surface area contributed by atoms with Crippen LogP contribution in [0.15, 0.2) is 59.1 Å². The first-order valence-corrected chi connectivity index (χ1v) is 10.7. The number of halogens is 1. The first-order valence-electron chi connectivity index (χ1n) is 9.91. The van der Waals surface area contributed by atoms with E-state index in [0.29, 0.717) is 19.8 Å². The second-order valence-electron chi connectivity index (χ2n) is 7.28. The minimum atomic E-state index is 0.499. The summed E-state index contributed by atoms with van der Waals surface area (Å²) in [6.45, 7) is 10.1. The molecule has 3 rings (SSSR count). The molecule has 0 aliphatic carbocycles. The van der Waals surface area contributed by atoms with Crippen LogP contribution < -0.4 is 14.8 Å². The van der Waals surface area contributed by atoms with Crippen molar-refractivity contribution in [1.82, 2.24) is 0 Å². The third-order valence-electron chi connectivity index (χ3n) is 4.74. The van der Waals surface area contributed by atoms with Crippen molar-refractivity contribution >= 4 is 21.6 Å². The van der Waals surface area contributed by atoms with Crippen LogP contribution in [0.2, 0.25) is 0 Å². The maximum absolute atomic E-state index is 6.10. The van der Waals surface area contributed by atoms with Crippen LogP contribution in [-0.4, -0.2) is 6.61 Å².